The first-order valence-corrected chi connectivity index (χ1v) is 12.2. The van der Waals surface area contributed by atoms with E-state index in [0.717, 1.165) is 50.7 Å². The summed E-state index contributed by atoms with van der Waals surface area (Å²) in [4.78, 5) is 3.60. The zero-order valence-electron chi connectivity index (χ0n) is 19.6. The first-order valence-electron chi connectivity index (χ1n) is 12.2. The highest BCUT2D eigenvalue weighted by Crippen LogP contribution is 2.39. The molecule has 0 aromatic heterocycles. The van der Waals surface area contributed by atoms with Crippen molar-refractivity contribution >= 4 is 11.4 Å². The third kappa shape index (κ3) is 6.42. The predicted molar refractivity (Wildman–Crippen MR) is 126 cm³/mol. The minimum Gasteiger partial charge on any atom is -0.371 e. The summed E-state index contributed by atoms with van der Waals surface area (Å²) in [6, 6.07) is 8.38. The van der Waals surface area contributed by atoms with E-state index in [9.17, 15) is 26.3 Å². The molecule has 2 heterocycles. The molecule has 0 saturated carbocycles. The lowest BCUT2D eigenvalue weighted by Gasteiger charge is -2.31. The second-order valence-electron chi connectivity index (χ2n) is 9.40. The van der Waals surface area contributed by atoms with Crippen molar-refractivity contribution in [1.82, 2.24) is 5.32 Å². The Labute approximate surface area is 202 Å². The monoisotopic (exact) mass is 499 g/mol. The molecule has 2 aromatic rings. The molecule has 0 spiro atoms. The predicted octanol–water partition coefficient (Wildman–Crippen LogP) is 6.99. The molecule has 0 atom stereocenters. The average molecular weight is 500 g/mol. The molecule has 2 aliphatic heterocycles. The van der Waals surface area contributed by atoms with Gasteiger partial charge in [0.1, 0.15) is 0 Å². The molecule has 2 aromatic carbocycles. The summed E-state index contributed by atoms with van der Waals surface area (Å²) in [5, 5.41) is 3.20. The van der Waals surface area contributed by atoms with E-state index >= 15 is 0 Å². The van der Waals surface area contributed by atoms with Crippen molar-refractivity contribution < 1.29 is 26.3 Å². The lowest BCUT2D eigenvalue weighted by Crippen LogP contribution is -2.31. The Hall–Kier alpha value is -2.42. The smallest absolute Gasteiger partial charge is 0.371 e. The maximum Gasteiger partial charge on any atom is 0.418 e. The first-order chi connectivity index (χ1) is 16.6. The normalized spacial score (nSPS) is 17.7. The molecule has 0 unspecified atom stereocenters. The van der Waals surface area contributed by atoms with Crippen LogP contribution in [-0.2, 0) is 25.4 Å². The average Bonchev–Trinajstić information content (AvgIpc) is 2.84. The molecule has 2 fully saturated rings. The van der Waals surface area contributed by atoms with Crippen LogP contribution in [0, 0.1) is 0 Å². The van der Waals surface area contributed by atoms with E-state index in [2.05, 4.69) is 5.32 Å². The van der Waals surface area contributed by atoms with Crippen LogP contribution in [0.2, 0.25) is 0 Å². The molecule has 2 aliphatic rings. The summed E-state index contributed by atoms with van der Waals surface area (Å²) in [6.07, 6.45) is -3.34. The van der Waals surface area contributed by atoms with Crippen LogP contribution in [0.15, 0.2) is 36.4 Å². The second kappa shape index (κ2) is 10.7. The van der Waals surface area contributed by atoms with E-state index in [4.69, 9.17) is 0 Å². The quantitative estimate of drug-likeness (QED) is 0.432. The van der Waals surface area contributed by atoms with E-state index < -0.39 is 23.5 Å². The highest BCUT2D eigenvalue weighted by atomic mass is 19.4. The van der Waals surface area contributed by atoms with E-state index in [0.29, 0.717) is 50.4 Å². The van der Waals surface area contributed by atoms with Gasteiger partial charge in [-0.2, -0.15) is 26.3 Å². The standard InChI is InChI=1S/C26H31F6N3/c27-25(28,29)21-9-7-19(15-23(21)34-11-3-1-4-12-34)17-33-18-20-8-10-22(26(30,31)32)24(16-20)35-13-5-2-6-14-35/h7-10,15-16,33H,1-6,11-14,17-18H2. The summed E-state index contributed by atoms with van der Waals surface area (Å²) in [6.45, 7) is 3.04. The number of nitrogens with zero attached hydrogens (tertiary/aromatic N) is 2. The fourth-order valence-electron chi connectivity index (χ4n) is 5.00. The molecule has 9 heteroatoms. The molecular formula is C26H31F6N3. The van der Waals surface area contributed by atoms with Gasteiger partial charge < -0.3 is 15.1 Å². The molecule has 0 bridgehead atoms. The number of nitrogens with one attached hydrogen (secondary N) is 1. The Morgan fingerprint density at radius 2 is 0.943 bits per heavy atom. The number of anilines is 2. The van der Waals surface area contributed by atoms with E-state index in [1.165, 1.54) is 12.1 Å². The van der Waals surface area contributed by atoms with Gasteiger partial charge in [0.05, 0.1) is 11.1 Å². The summed E-state index contributed by atoms with van der Waals surface area (Å²) in [7, 11) is 0. The lowest BCUT2D eigenvalue weighted by molar-refractivity contribution is -0.138. The summed E-state index contributed by atoms with van der Waals surface area (Å²) in [5.74, 6) is 0. The van der Waals surface area contributed by atoms with Gasteiger partial charge in [-0.25, -0.2) is 0 Å². The number of halogens is 6. The Morgan fingerprint density at radius 1 is 0.571 bits per heavy atom. The summed E-state index contributed by atoms with van der Waals surface area (Å²) >= 11 is 0. The molecule has 4 rings (SSSR count). The fourth-order valence-corrected chi connectivity index (χ4v) is 5.00. The third-order valence-corrected chi connectivity index (χ3v) is 6.79. The van der Waals surface area contributed by atoms with Crippen molar-refractivity contribution in [3.63, 3.8) is 0 Å². The minimum absolute atomic E-state index is 0.207. The zero-order valence-corrected chi connectivity index (χ0v) is 19.6. The number of rotatable bonds is 6. The maximum absolute atomic E-state index is 13.6. The largest absolute Gasteiger partial charge is 0.418 e. The van der Waals surface area contributed by atoms with E-state index in [1.54, 1.807) is 21.9 Å². The van der Waals surface area contributed by atoms with Crippen LogP contribution in [0.25, 0.3) is 0 Å². The number of hydrogen-bond donors (Lipinski definition) is 1. The van der Waals surface area contributed by atoms with Gasteiger partial charge in [0, 0.05) is 50.6 Å². The van der Waals surface area contributed by atoms with Crippen molar-refractivity contribution in [2.75, 3.05) is 36.0 Å². The third-order valence-electron chi connectivity index (χ3n) is 6.79. The number of hydrogen-bond acceptors (Lipinski definition) is 3. The number of benzene rings is 2. The van der Waals surface area contributed by atoms with Gasteiger partial charge in [-0.15, -0.1) is 0 Å². The van der Waals surface area contributed by atoms with Crippen LogP contribution in [0.4, 0.5) is 37.7 Å². The van der Waals surface area contributed by atoms with Gasteiger partial charge in [0.2, 0.25) is 0 Å². The lowest BCUT2D eigenvalue weighted by atomic mass is 10.0. The van der Waals surface area contributed by atoms with Crippen molar-refractivity contribution in [1.29, 1.82) is 0 Å². The Morgan fingerprint density at radius 3 is 1.29 bits per heavy atom. The Balaban J connectivity index is 1.48. The summed E-state index contributed by atoms with van der Waals surface area (Å²) in [5.41, 5.74) is 0.578. The molecule has 0 amide bonds. The number of piperidine rings is 2. The van der Waals surface area contributed by atoms with Crippen LogP contribution in [0.3, 0.4) is 0 Å². The molecule has 35 heavy (non-hydrogen) atoms. The number of alkyl halides is 6. The molecule has 0 radical (unpaired) electrons. The topological polar surface area (TPSA) is 18.5 Å². The fraction of sp³-hybridized carbons (Fsp3) is 0.538. The summed E-state index contributed by atoms with van der Waals surface area (Å²) < 4.78 is 81.5. The van der Waals surface area contributed by atoms with Crippen molar-refractivity contribution in [3.05, 3.63) is 58.7 Å². The first kappa shape index (κ1) is 25.7. The molecule has 2 saturated heterocycles. The Bertz CT molecular complexity index is 910. The van der Waals surface area contributed by atoms with Gasteiger partial charge in [0.25, 0.3) is 0 Å². The SMILES string of the molecule is FC(F)(F)c1ccc(CNCc2ccc(C(F)(F)F)c(N3CCCCC3)c2)cc1N1CCCCC1. The van der Waals surface area contributed by atoms with Gasteiger partial charge >= 0.3 is 12.4 Å². The molecule has 1 N–H and O–H groups in total. The van der Waals surface area contributed by atoms with Gasteiger partial charge in [-0.1, -0.05) is 12.1 Å². The van der Waals surface area contributed by atoms with Gasteiger partial charge in [-0.3, -0.25) is 0 Å². The van der Waals surface area contributed by atoms with Crippen molar-refractivity contribution in [2.24, 2.45) is 0 Å². The van der Waals surface area contributed by atoms with Crippen LogP contribution in [0.1, 0.15) is 60.8 Å². The van der Waals surface area contributed by atoms with Gasteiger partial charge in [0.15, 0.2) is 0 Å². The van der Waals surface area contributed by atoms with E-state index in [-0.39, 0.29) is 11.4 Å². The van der Waals surface area contributed by atoms with E-state index in [1.807, 2.05) is 0 Å². The second-order valence-corrected chi connectivity index (χ2v) is 9.40. The molecular weight excluding hydrogens is 468 g/mol. The van der Waals surface area contributed by atoms with Crippen molar-refractivity contribution in [3.8, 4) is 0 Å². The molecule has 0 aliphatic carbocycles. The molecule has 192 valence electrons. The van der Waals surface area contributed by atoms with Crippen molar-refractivity contribution in [2.45, 2.75) is 64.0 Å². The van der Waals surface area contributed by atoms with Crippen LogP contribution in [0.5, 0.6) is 0 Å². The minimum atomic E-state index is -4.43. The molecule has 3 nitrogen and oxygen atoms in total. The highest BCUT2D eigenvalue weighted by Gasteiger charge is 2.36. The zero-order chi connectivity index (χ0) is 25.1. The van der Waals surface area contributed by atoms with Crippen LogP contribution >= 0.6 is 0 Å². The Kier molecular flexibility index (Phi) is 7.83. The maximum atomic E-state index is 13.6. The van der Waals surface area contributed by atoms with Crippen LogP contribution < -0.4 is 15.1 Å². The highest BCUT2D eigenvalue weighted by molar-refractivity contribution is 5.58. The van der Waals surface area contributed by atoms with Crippen LogP contribution in [-0.4, -0.2) is 26.2 Å². The van der Waals surface area contributed by atoms with Gasteiger partial charge in [-0.05, 0) is 73.9 Å².